The fourth-order valence-corrected chi connectivity index (χ4v) is 1.89. The van der Waals surface area contributed by atoms with E-state index in [1.54, 1.807) is 11.8 Å². The van der Waals surface area contributed by atoms with Gasteiger partial charge in [-0.15, -0.1) is 11.8 Å². The van der Waals surface area contributed by atoms with Gasteiger partial charge in [-0.25, -0.2) is 0 Å². The van der Waals surface area contributed by atoms with Crippen LogP contribution in [0, 0.1) is 0 Å². The third-order valence-electron chi connectivity index (χ3n) is 2.27. The number of hydrogen-bond acceptors (Lipinski definition) is 3. The summed E-state index contributed by atoms with van der Waals surface area (Å²) in [4.78, 5) is 1.25. The van der Waals surface area contributed by atoms with Crippen LogP contribution in [0.1, 0.15) is 0 Å². The lowest BCUT2D eigenvalue weighted by Gasteiger charge is -2.07. The number of hydrogen-bond donors (Lipinski definition) is 2. The van der Waals surface area contributed by atoms with E-state index in [-0.39, 0.29) is 0 Å². The van der Waals surface area contributed by atoms with Gasteiger partial charge in [-0.2, -0.15) is 0 Å². The topological polar surface area (TPSA) is 38.0 Å². The average molecular weight is 230 g/mol. The third kappa shape index (κ3) is 2.70. The fraction of sp³-hybridized carbons (Fsp3) is 0.0769. The Bertz CT molecular complexity index is 466. The first-order valence-electron chi connectivity index (χ1n) is 5.04. The number of anilines is 3. The molecule has 2 nitrogen and oxygen atoms in total. The maximum absolute atomic E-state index is 5.63. The molecule has 0 aliphatic rings. The molecule has 0 aliphatic carbocycles. The number of benzene rings is 2. The summed E-state index contributed by atoms with van der Waals surface area (Å²) in [6.07, 6.45) is 2.07. The molecule has 0 saturated carbocycles. The number of nitrogens with one attached hydrogen (secondary N) is 1. The van der Waals surface area contributed by atoms with E-state index < -0.39 is 0 Å². The Labute approximate surface area is 99.9 Å². The lowest BCUT2D eigenvalue weighted by Crippen LogP contribution is -1.91. The summed E-state index contributed by atoms with van der Waals surface area (Å²) < 4.78 is 0. The van der Waals surface area contributed by atoms with E-state index in [2.05, 4.69) is 29.8 Å². The van der Waals surface area contributed by atoms with Crippen molar-refractivity contribution in [2.45, 2.75) is 4.90 Å². The Hall–Kier alpha value is -1.61. The second kappa shape index (κ2) is 4.94. The van der Waals surface area contributed by atoms with E-state index in [1.807, 2.05) is 30.3 Å². The van der Waals surface area contributed by atoms with Gasteiger partial charge >= 0.3 is 0 Å². The third-order valence-corrected chi connectivity index (χ3v) is 2.99. The summed E-state index contributed by atoms with van der Waals surface area (Å²) in [5, 5.41) is 3.34. The summed E-state index contributed by atoms with van der Waals surface area (Å²) >= 11 is 1.74. The molecular formula is C13H14N2S. The molecule has 3 heteroatoms. The smallest absolute Gasteiger partial charge is 0.0395 e. The molecule has 0 spiro atoms. The largest absolute Gasteiger partial charge is 0.399 e. The average Bonchev–Trinajstić information content (AvgIpc) is 2.32. The fourth-order valence-electron chi connectivity index (χ4n) is 1.43. The summed E-state index contributed by atoms with van der Waals surface area (Å²) in [5.74, 6) is 0. The van der Waals surface area contributed by atoms with Crippen molar-refractivity contribution in [1.82, 2.24) is 0 Å². The zero-order chi connectivity index (χ0) is 11.4. The van der Waals surface area contributed by atoms with Crippen molar-refractivity contribution in [1.29, 1.82) is 0 Å². The molecule has 2 aromatic carbocycles. The monoisotopic (exact) mass is 230 g/mol. The number of rotatable bonds is 3. The highest BCUT2D eigenvalue weighted by atomic mass is 32.2. The lowest BCUT2D eigenvalue weighted by molar-refractivity contribution is 1.44. The normalized spacial score (nSPS) is 10.1. The molecule has 0 heterocycles. The van der Waals surface area contributed by atoms with Crippen LogP contribution in [0.2, 0.25) is 0 Å². The summed E-state index contributed by atoms with van der Waals surface area (Å²) in [7, 11) is 0. The molecule has 0 aliphatic heterocycles. The second-order valence-corrected chi connectivity index (χ2v) is 4.36. The van der Waals surface area contributed by atoms with Crippen LogP contribution in [0.3, 0.4) is 0 Å². The van der Waals surface area contributed by atoms with E-state index >= 15 is 0 Å². The molecule has 0 atom stereocenters. The van der Waals surface area contributed by atoms with E-state index in [9.17, 15) is 0 Å². The van der Waals surface area contributed by atoms with E-state index in [0.29, 0.717) is 0 Å². The number of nitrogen functional groups attached to an aromatic ring is 1. The molecule has 0 aromatic heterocycles. The van der Waals surface area contributed by atoms with Gasteiger partial charge in [-0.1, -0.05) is 6.07 Å². The van der Waals surface area contributed by atoms with Gasteiger partial charge in [0.25, 0.3) is 0 Å². The van der Waals surface area contributed by atoms with Crippen molar-refractivity contribution < 1.29 is 0 Å². The molecule has 16 heavy (non-hydrogen) atoms. The minimum absolute atomic E-state index is 0.781. The van der Waals surface area contributed by atoms with Gasteiger partial charge in [-0.05, 0) is 48.7 Å². The second-order valence-electron chi connectivity index (χ2n) is 3.48. The standard InChI is InChI=1S/C13H14N2S/c1-16-13-4-2-3-12(9-13)15-11-7-5-10(14)6-8-11/h2-9,15H,14H2,1H3. The summed E-state index contributed by atoms with van der Waals surface area (Å²) in [5.41, 5.74) is 8.56. The van der Waals surface area contributed by atoms with Gasteiger partial charge in [0.05, 0.1) is 0 Å². The van der Waals surface area contributed by atoms with Crippen LogP contribution < -0.4 is 11.1 Å². The molecule has 82 valence electrons. The van der Waals surface area contributed by atoms with Gasteiger partial charge in [0, 0.05) is 22.0 Å². The van der Waals surface area contributed by atoms with Crippen LogP contribution in [-0.4, -0.2) is 6.26 Å². The Morgan fingerprint density at radius 2 is 1.75 bits per heavy atom. The Balaban J connectivity index is 2.16. The maximum Gasteiger partial charge on any atom is 0.0395 e. The molecule has 3 N–H and O–H groups in total. The van der Waals surface area contributed by atoms with Gasteiger partial charge in [0.2, 0.25) is 0 Å². The van der Waals surface area contributed by atoms with Crippen molar-refractivity contribution in [2.75, 3.05) is 17.3 Å². The highest BCUT2D eigenvalue weighted by Crippen LogP contribution is 2.22. The van der Waals surface area contributed by atoms with E-state index in [0.717, 1.165) is 17.1 Å². The SMILES string of the molecule is CSc1cccc(Nc2ccc(N)cc2)c1. The molecular weight excluding hydrogens is 216 g/mol. The van der Waals surface area contributed by atoms with Crippen molar-refractivity contribution in [3.05, 3.63) is 48.5 Å². The van der Waals surface area contributed by atoms with Crippen LogP contribution in [0.4, 0.5) is 17.1 Å². The molecule has 0 saturated heterocycles. The Morgan fingerprint density at radius 3 is 2.44 bits per heavy atom. The summed E-state index contributed by atoms with van der Waals surface area (Å²) in [6.45, 7) is 0. The molecule has 0 bridgehead atoms. The Morgan fingerprint density at radius 1 is 1.00 bits per heavy atom. The van der Waals surface area contributed by atoms with Gasteiger partial charge in [-0.3, -0.25) is 0 Å². The van der Waals surface area contributed by atoms with E-state index in [4.69, 9.17) is 5.73 Å². The van der Waals surface area contributed by atoms with Crippen molar-refractivity contribution in [3.8, 4) is 0 Å². The first-order chi connectivity index (χ1) is 7.78. The highest BCUT2D eigenvalue weighted by Gasteiger charge is 1.96. The summed E-state index contributed by atoms with van der Waals surface area (Å²) in [6, 6.07) is 16.0. The Kier molecular flexibility index (Phi) is 3.37. The quantitative estimate of drug-likeness (QED) is 0.623. The predicted molar refractivity (Wildman–Crippen MR) is 72.4 cm³/mol. The van der Waals surface area contributed by atoms with Gasteiger partial charge in [0.15, 0.2) is 0 Å². The molecule has 0 amide bonds. The zero-order valence-corrected chi connectivity index (χ0v) is 9.92. The lowest BCUT2D eigenvalue weighted by atomic mass is 10.2. The van der Waals surface area contributed by atoms with Crippen LogP contribution >= 0.6 is 11.8 Å². The van der Waals surface area contributed by atoms with Crippen molar-refractivity contribution in [2.24, 2.45) is 0 Å². The minimum Gasteiger partial charge on any atom is -0.399 e. The first-order valence-corrected chi connectivity index (χ1v) is 6.27. The molecule has 0 unspecified atom stereocenters. The maximum atomic E-state index is 5.63. The van der Waals surface area contributed by atoms with Gasteiger partial charge in [0.1, 0.15) is 0 Å². The molecule has 0 fully saturated rings. The predicted octanol–water partition coefficient (Wildman–Crippen LogP) is 3.73. The highest BCUT2D eigenvalue weighted by molar-refractivity contribution is 7.98. The molecule has 2 rings (SSSR count). The van der Waals surface area contributed by atoms with E-state index in [1.165, 1.54) is 4.90 Å². The minimum atomic E-state index is 0.781. The van der Waals surface area contributed by atoms with Crippen LogP contribution in [-0.2, 0) is 0 Å². The molecule has 2 aromatic rings. The van der Waals surface area contributed by atoms with Crippen LogP contribution in [0.25, 0.3) is 0 Å². The number of nitrogens with two attached hydrogens (primary N) is 1. The zero-order valence-electron chi connectivity index (χ0n) is 9.10. The van der Waals surface area contributed by atoms with Crippen LogP contribution in [0.15, 0.2) is 53.4 Å². The van der Waals surface area contributed by atoms with Crippen molar-refractivity contribution in [3.63, 3.8) is 0 Å². The van der Waals surface area contributed by atoms with Crippen LogP contribution in [0.5, 0.6) is 0 Å². The first kappa shape index (κ1) is 10.9. The van der Waals surface area contributed by atoms with Crippen molar-refractivity contribution >= 4 is 28.8 Å². The number of thioether (sulfide) groups is 1. The van der Waals surface area contributed by atoms with Gasteiger partial charge < -0.3 is 11.1 Å². The molecule has 0 radical (unpaired) electrons.